The van der Waals surface area contributed by atoms with E-state index in [1.54, 1.807) is 0 Å². The monoisotopic (exact) mass is 466 g/mol. The molecule has 0 aromatic heterocycles. The molecule has 0 heterocycles. The molecule has 14 heteroatoms. The molecule has 0 rings (SSSR count). The Morgan fingerprint density at radius 3 is 1.80 bits per heavy atom. The fourth-order valence-electron chi connectivity index (χ4n) is 2.25. The number of hydrogen-bond acceptors (Lipinski definition) is 9. The van der Waals surface area contributed by atoms with Gasteiger partial charge in [0, 0.05) is 11.5 Å². The SMILES string of the molecule is NCCCCC(N)C(=O)NC(CS)C(=O)NC(CC(N)=O)C(=O)NC(CS)C(=O)O. The van der Waals surface area contributed by atoms with E-state index in [-0.39, 0.29) is 11.5 Å². The molecule has 0 bridgehead atoms. The third kappa shape index (κ3) is 10.7. The predicted octanol–water partition coefficient (Wildman–Crippen LogP) is -3.28. The molecule has 0 aliphatic rings. The van der Waals surface area contributed by atoms with Crippen LogP contribution in [-0.2, 0) is 24.0 Å². The van der Waals surface area contributed by atoms with Gasteiger partial charge in [-0.2, -0.15) is 25.3 Å². The maximum absolute atomic E-state index is 12.5. The summed E-state index contributed by atoms with van der Waals surface area (Å²) >= 11 is 7.83. The van der Waals surface area contributed by atoms with E-state index in [4.69, 9.17) is 22.3 Å². The molecule has 0 aromatic carbocycles. The Morgan fingerprint density at radius 1 is 0.833 bits per heavy atom. The zero-order valence-corrected chi connectivity index (χ0v) is 18.2. The molecule has 12 nitrogen and oxygen atoms in total. The molecule has 172 valence electrons. The number of primary amides is 1. The van der Waals surface area contributed by atoms with Gasteiger partial charge in [-0.1, -0.05) is 6.42 Å². The molecule has 0 aromatic rings. The minimum Gasteiger partial charge on any atom is -0.480 e. The largest absolute Gasteiger partial charge is 0.480 e. The average molecular weight is 467 g/mol. The number of aliphatic carboxylic acids is 1. The fourth-order valence-corrected chi connectivity index (χ4v) is 2.76. The minimum absolute atomic E-state index is 0.119. The predicted molar refractivity (Wildman–Crippen MR) is 116 cm³/mol. The molecule has 10 N–H and O–H groups in total. The van der Waals surface area contributed by atoms with E-state index < -0.39 is 60.2 Å². The third-order valence-corrected chi connectivity index (χ3v) is 4.69. The summed E-state index contributed by atoms with van der Waals surface area (Å²) in [5.41, 5.74) is 16.3. The van der Waals surface area contributed by atoms with Crippen LogP contribution in [0.4, 0.5) is 0 Å². The quantitative estimate of drug-likeness (QED) is 0.0877. The average Bonchev–Trinajstić information content (AvgIpc) is 2.68. The highest BCUT2D eigenvalue weighted by molar-refractivity contribution is 7.80. The summed E-state index contributed by atoms with van der Waals surface area (Å²) in [7, 11) is 0. The highest BCUT2D eigenvalue weighted by Crippen LogP contribution is 2.01. The van der Waals surface area contributed by atoms with Crippen molar-refractivity contribution in [3.63, 3.8) is 0 Å². The van der Waals surface area contributed by atoms with E-state index in [2.05, 4.69) is 41.2 Å². The first-order chi connectivity index (χ1) is 14.1. The van der Waals surface area contributed by atoms with E-state index >= 15 is 0 Å². The minimum atomic E-state index is -1.45. The second-order valence-corrected chi connectivity index (χ2v) is 7.18. The number of nitrogens with two attached hydrogens (primary N) is 3. The topological polar surface area (TPSA) is 220 Å². The molecule has 0 saturated heterocycles. The van der Waals surface area contributed by atoms with Crippen LogP contribution in [0.15, 0.2) is 0 Å². The van der Waals surface area contributed by atoms with Crippen LogP contribution in [0.1, 0.15) is 25.7 Å². The molecule has 0 aliphatic carbocycles. The molecule has 4 amide bonds. The van der Waals surface area contributed by atoms with E-state index in [1.165, 1.54) is 0 Å². The second-order valence-electron chi connectivity index (χ2n) is 6.45. The molecular formula is C16H30N6O6S2. The Morgan fingerprint density at radius 2 is 1.33 bits per heavy atom. The van der Waals surface area contributed by atoms with Gasteiger partial charge in [0.2, 0.25) is 23.6 Å². The Labute approximate surface area is 185 Å². The third-order valence-electron chi connectivity index (χ3n) is 3.96. The molecule has 4 atom stereocenters. The van der Waals surface area contributed by atoms with Crippen molar-refractivity contribution in [2.75, 3.05) is 18.1 Å². The van der Waals surface area contributed by atoms with Crippen molar-refractivity contribution in [2.24, 2.45) is 17.2 Å². The van der Waals surface area contributed by atoms with Gasteiger partial charge in [0.1, 0.15) is 18.1 Å². The van der Waals surface area contributed by atoms with Gasteiger partial charge in [0.25, 0.3) is 0 Å². The lowest BCUT2D eigenvalue weighted by molar-refractivity contribution is -0.141. The number of carbonyl (C=O) groups excluding carboxylic acids is 4. The van der Waals surface area contributed by atoms with Gasteiger partial charge >= 0.3 is 5.97 Å². The number of amides is 4. The van der Waals surface area contributed by atoms with Gasteiger partial charge in [0.05, 0.1) is 12.5 Å². The lowest BCUT2D eigenvalue weighted by Crippen LogP contribution is -2.58. The molecule has 0 saturated carbocycles. The van der Waals surface area contributed by atoms with Crippen LogP contribution in [0.3, 0.4) is 0 Å². The van der Waals surface area contributed by atoms with Crippen LogP contribution < -0.4 is 33.2 Å². The second kappa shape index (κ2) is 14.9. The first kappa shape index (κ1) is 28.0. The number of carboxylic acid groups (broad SMARTS) is 1. The van der Waals surface area contributed by atoms with Crippen LogP contribution >= 0.6 is 25.3 Å². The van der Waals surface area contributed by atoms with E-state index in [9.17, 15) is 24.0 Å². The zero-order valence-electron chi connectivity index (χ0n) is 16.4. The molecule has 0 aliphatic heterocycles. The van der Waals surface area contributed by atoms with Gasteiger partial charge in [-0.25, -0.2) is 4.79 Å². The number of thiol groups is 2. The maximum Gasteiger partial charge on any atom is 0.327 e. The Bertz CT molecular complexity index is 623. The molecule has 0 spiro atoms. The number of hydrogen-bond donors (Lipinski definition) is 9. The summed E-state index contributed by atoms with van der Waals surface area (Å²) in [6.45, 7) is 0.468. The number of nitrogens with one attached hydrogen (secondary N) is 3. The lowest BCUT2D eigenvalue weighted by atomic mass is 10.1. The van der Waals surface area contributed by atoms with Gasteiger partial charge in [0.15, 0.2) is 0 Å². The van der Waals surface area contributed by atoms with Gasteiger partial charge in [-0.05, 0) is 19.4 Å². The van der Waals surface area contributed by atoms with Crippen LogP contribution in [0.25, 0.3) is 0 Å². The molecule has 30 heavy (non-hydrogen) atoms. The van der Waals surface area contributed by atoms with Gasteiger partial charge in [-0.15, -0.1) is 0 Å². The Balaban J connectivity index is 5.08. The Hall–Kier alpha value is -2.03. The van der Waals surface area contributed by atoms with Crippen LogP contribution in [0, 0.1) is 0 Å². The summed E-state index contributed by atoms with van der Waals surface area (Å²) in [5, 5.41) is 15.8. The summed E-state index contributed by atoms with van der Waals surface area (Å²) in [6, 6.07) is -4.79. The number of unbranched alkanes of at least 4 members (excludes halogenated alkanes) is 1. The van der Waals surface area contributed by atoms with Crippen molar-refractivity contribution in [3.8, 4) is 0 Å². The zero-order chi connectivity index (χ0) is 23.3. The van der Waals surface area contributed by atoms with Crippen molar-refractivity contribution in [3.05, 3.63) is 0 Å². The summed E-state index contributed by atoms with van der Waals surface area (Å²) in [6.07, 6.45) is 1.13. The van der Waals surface area contributed by atoms with Crippen LogP contribution in [0.2, 0.25) is 0 Å². The van der Waals surface area contributed by atoms with Gasteiger partial charge in [-0.3, -0.25) is 19.2 Å². The van der Waals surface area contributed by atoms with Crippen molar-refractivity contribution < 1.29 is 29.1 Å². The summed E-state index contributed by atoms with van der Waals surface area (Å²) < 4.78 is 0. The normalized spacial score (nSPS) is 14.7. The first-order valence-electron chi connectivity index (χ1n) is 9.16. The van der Waals surface area contributed by atoms with Crippen molar-refractivity contribution >= 4 is 54.9 Å². The van der Waals surface area contributed by atoms with Crippen molar-refractivity contribution in [2.45, 2.75) is 49.9 Å². The molecular weight excluding hydrogens is 436 g/mol. The van der Waals surface area contributed by atoms with E-state index in [1.807, 2.05) is 0 Å². The molecule has 0 radical (unpaired) electrons. The highest BCUT2D eigenvalue weighted by Gasteiger charge is 2.30. The summed E-state index contributed by atoms with van der Waals surface area (Å²) in [4.78, 5) is 59.3. The number of rotatable bonds is 15. The van der Waals surface area contributed by atoms with Crippen LogP contribution in [-0.4, -0.2) is 76.9 Å². The van der Waals surface area contributed by atoms with E-state index in [0.717, 1.165) is 0 Å². The fraction of sp³-hybridized carbons (Fsp3) is 0.688. The van der Waals surface area contributed by atoms with Gasteiger partial charge < -0.3 is 38.3 Å². The molecule has 4 unspecified atom stereocenters. The van der Waals surface area contributed by atoms with E-state index in [0.29, 0.717) is 25.8 Å². The number of carbonyl (C=O) groups is 5. The molecule has 0 fully saturated rings. The van der Waals surface area contributed by atoms with Crippen LogP contribution in [0.5, 0.6) is 0 Å². The van der Waals surface area contributed by atoms with Crippen molar-refractivity contribution in [1.82, 2.24) is 16.0 Å². The smallest absolute Gasteiger partial charge is 0.327 e. The highest BCUT2D eigenvalue weighted by atomic mass is 32.1. The first-order valence-corrected chi connectivity index (χ1v) is 10.4. The summed E-state index contributed by atoms with van der Waals surface area (Å²) in [5.74, 6) is -4.91. The number of carboxylic acids is 1. The lowest BCUT2D eigenvalue weighted by Gasteiger charge is -2.23. The maximum atomic E-state index is 12.5. The standard InChI is InChI=1S/C16H30N6O6S2/c17-4-2-1-3-8(18)13(24)21-10(6-29)15(26)20-9(5-12(19)23)14(25)22-11(7-30)16(27)28/h8-11,29-30H,1-7,17-18H2,(H2,19,23)(H,20,26)(H,21,24)(H,22,25)(H,27,28). The Kier molecular flexibility index (Phi) is 13.9. The van der Waals surface area contributed by atoms with Crippen molar-refractivity contribution in [1.29, 1.82) is 0 Å².